The average Bonchev–Trinajstić information content (AvgIpc) is 2.97. The number of nitrogens with one attached hydrogen (secondary N) is 1. The predicted octanol–water partition coefficient (Wildman–Crippen LogP) is 5.51. The maximum Gasteiger partial charge on any atom is 0.232 e. The summed E-state index contributed by atoms with van der Waals surface area (Å²) in [6.07, 6.45) is 0. The number of hydrogen-bond donors (Lipinski definition) is 1. The van der Waals surface area contributed by atoms with Crippen LogP contribution in [-0.2, 0) is 0 Å². The summed E-state index contributed by atoms with van der Waals surface area (Å²) >= 11 is 13.3. The van der Waals surface area contributed by atoms with Crippen molar-refractivity contribution in [2.75, 3.05) is 5.32 Å². The van der Waals surface area contributed by atoms with Crippen molar-refractivity contribution >= 4 is 56.4 Å². The predicted molar refractivity (Wildman–Crippen MR) is 103 cm³/mol. The van der Waals surface area contributed by atoms with Crippen LogP contribution < -0.4 is 5.32 Å². The van der Waals surface area contributed by atoms with Gasteiger partial charge in [-0.25, -0.2) is 4.98 Å². The first kappa shape index (κ1) is 16.2. The van der Waals surface area contributed by atoms with Gasteiger partial charge in [-0.05, 0) is 60.0 Å². The molecule has 2 aromatic heterocycles. The van der Waals surface area contributed by atoms with Crippen molar-refractivity contribution in [2.24, 2.45) is 0 Å². The van der Waals surface area contributed by atoms with Crippen molar-refractivity contribution in [1.29, 1.82) is 0 Å². The van der Waals surface area contributed by atoms with E-state index in [4.69, 9.17) is 28.2 Å². The quantitative estimate of drug-likeness (QED) is 0.502. The van der Waals surface area contributed by atoms with E-state index in [1.165, 1.54) is 5.56 Å². The van der Waals surface area contributed by atoms with Crippen molar-refractivity contribution in [1.82, 2.24) is 19.9 Å². The van der Waals surface area contributed by atoms with Crippen LogP contribution >= 0.6 is 34.5 Å². The molecular weight excluding hydrogens is 377 g/mol. The highest BCUT2D eigenvalue weighted by Crippen LogP contribution is 2.35. The van der Waals surface area contributed by atoms with Crippen molar-refractivity contribution in [2.45, 2.75) is 6.92 Å². The van der Waals surface area contributed by atoms with Gasteiger partial charge in [-0.3, -0.25) is 0 Å². The smallest absolute Gasteiger partial charge is 0.232 e. The third-order valence-corrected chi connectivity index (χ3v) is 4.92. The molecule has 124 valence electrons. The summed E-state index contributed by atoms with van der Waals surface area (Å²) in [6, 6.07) is 14.0. The lowest BCUT2D eigenvalue weighted by atomic mass is 10.2. The lowest BCUT2D eigenvalue weighted by molar-refractivity contribution is 1.05. The Balaban J connectivity index is 1.77. The van der Waals surface area contributed by atoms with Gasteiger partial charge in [0.15, 0.2) is 0 Å². The van der Waals surface area contributed by atoms with Gasteiger partial charge < -0.3 is 5.32 Å². The van der Waals surface area contributed by atoms with Gasteiger partial charge in [0, 0.05) is 5.56 Å². The molecular formula is C17H11Cl2N5S. The zero-order chi connectivity index (χ0) is 17.4. The molecule has 0 amide bonds. The Hall–Kier alpha value is -2.28. The number of rotatable bonds is 3. The molecule has 5 nitrogen and oxygen atoms in total. The van der Waals surface area contributed by atoms with Crippen molar-refractivity contribution < 1.29 is 0 Å². The topological polar surface area (TPSA) is 63.6 Å². The van der Waals surface area contributed by atoms with E-state index in [9.17, 15) is 0 Å². The third kappa shape index (κ3) is 3.42. The van der Waals surface area contributed by atoms with Gasteiger partial charge in [0.1, 0.15) is 5.01 Å². The molecule has 4 aromatic rings. The fourth-order valence-corrected chi connectivity index (χ4v) is 3.89. The minimum Gasteiger partial charge on any atom is -0.323 e. The Morgan fingerprint density at radius 1 is 0.920 bits per heavy atom. The van der Waals surface area contributed by atoms with Crippen LogP contribution in [0.4, 0.5) is 11.6 Å². The molecule has 0 radical (unpaired) electrons. The van der Waals surface area contributed by atoms with Crippen LogP contribution in [-0.4, -0.2) is 19.9 Å². The van der Waals surface area contributed by atoms with E-state index in [2.05, 4.69) is 39.3 Å². The fourth-order valence-electron chi connectivity index (χ4n) is 2.43. The van der Waals surface area contributed by atoms with Crippen molar-refractivity contribution in [3.05, 3.63) is 58.6 Å². The standard InChI is InChI=1S/C17H11Cl2N5S/c1-9-6-7-12-13(8-9)25-14(20-12)10-4-2-3-5-11(10)21-17-23-15(18)22-16(19)24-17/h2-8H,1H3,(H,21,22,23,24). The molecule has 0 bridgehead atoms. The Bertz CT molecular complexity index is 1060. The van der Waals surface area contributed by atoms with Crippen LogP contribution in [0.25, 0.3) is 20.8 Å². The second-order valence-corrected chi connectivity index (χ2v) is 7.06. The van der Waals surface area contributed by atoms with E-state index in [0.29, 0.717) is 0 Å². The number of halogens is 2. The SMILES string of the molecule is Cc1ccc2nc(-c3ccccc3Nc3nc(Cl)nc(Cl)n3)sc2c1. The lowest BCUT2D eigenvalue weighted by Crippen LogP contribution is -2.00. The van der Waals surface area contributed by atoms with Gasteiger partial charge in [0.2, 0.25) is 16.5 Å². The number of aromatic nitrogens is 4. The summed E-state index contributed by atoms with van der Waals surface area (Å²) in [5, 5.41) is 4.13. The minimum atomic E-state index is 0.0374. The van der Waals surface area contributed by atoms with Gasteiger partial charge in [-0.1, -0.05) is 18.2 Å². The molecule has 0 spiro atoms. The average molecular weight is 388 g/mol. The summed E-state index contributed by atoms with van der Waals surface area (Å²) in [7, 11) is 0. The lowest BCUT2D eigenvalue weighted by Gasteiger charge is -2.09. The molecule has 2 heterocycles. The number of hydrogen-bond acceptors (Lipinski definition) is 6. The van der Waals surface area contributed by atoms with Gasteiger partial charge in [-0.15, -0.1) is 11.3 Å². The van der Waals surface area contributed by atoms with Crippen molar-refractivity contribution in [3.63, 3.8) is 0 Å². The highest BCUT2D eigenvalue weighted by atomic mass is 35.5. The molecule has 0 saturated carbocycles. The molecule has 0 aliphatic heterocycles. The molecule has 4 rings (SSSR count). The van der Waals surface area contributed by atoms with Crippen LogP contribution in [0.5, 0.6) is 0 Å². The molecule has 0 aliphatic carbocycles. The first-order valence-electron chi connectivity index (χ1n) is 7.39. The molecule has 0 atom stereocenters. The number of thiazole rings is 1. The molecule has 0 saturated heterocycles. The van der Waals surface area contributed by atoms with Crippen LogP contribution in [0.3, 0.4) is 0 Å². The highest BCUT2D eigenvalue weighted by molar-refractivity contribution is 7.21. The van der Waals surface area contributed by atoms with Gasteiger partial charge in [0.25, 0.3) is 0 Å². The Morgan fingerprint density at radius 3 is 2.48 bits per heavy atom. The number of aryl methyl sites for hydroxylation is 1. The molecule has 2 aromatic carbocycles. The monoisotopic (exact) mass is 387 g/mol. The maximum atomic E-state index is 5.84. The first-order valence-corrected chi connectivity index (χ1v) is 8.96. The molecule has 25 heavy (non-hydrogen) atoms. The maximum absolute atomic E-state index is 5.84. The number of nitrogens with zero attached hydrogens (tertiary/aromatic N) is 4. The Morgan fingerprint density at radius 2 is 1.68 bits per heavy atom. The normalized spacial score (nSPS) is 11.0. The molecule has 8 heteroatoms. The Kier molecular flexibility index (Phi) is 4.25. The van der Waals surface area contributed by atoms with E-state index in [1.807, 2.05) is 30.3 Å². The summed E-state index contributed by atoms with van der Waals surface area (Å²) in [6.45, 7) is 2.07. The van der Waals surface area contributed by atoms with Gasteiger partial charge >= 0.3 is 0 Å². The van der Waals surface area contributed by atoms with E-state index in [1.54, 1.807) is 11.3 Å². The highest BCUT2D eigenvalue weighted by Gasteiger charge is 2.12. The zero-order valence-corrected chi connectivity index (χ0v) is 15.3. The van der Waals surface area contributed by atoms with Crippen molar-refractivity contribution in [3.8, 4) is 10.6 Å². The third-order valence-electron chi connectivity index (χ3n) is 3.53. The van der Waals surface area contributed by atoms with Crippen LogP contribution in [0.2, 0.25) is 10.6 Å². The Labute approximate surface area is 157 Å². The summed E-state index contributed by atoms with van der Waals surface area (Å²) < 4.78 is 1.15. The second kappa shape index (κ2) is 6.55. The number of para-hydroxylation sites is 1. The van der Waals surface area contributed by atoms with E-state index >= 15 is 0 Å². The zero-order valence-electron chi connectivity index (χ0n) is 13.0. The van der Waals surface area contributed by atoms with E-state index in [0.717, 1.165) is 26.5 Å². The van der Waals surface area contributed by atoms with Gasteiger partial charge in [-0.2, -0.15) is 15.0 Å². The first-order chi connectivity index (χ1) is 12.1. The fraction of sp³-hybridized carbons (Fsp3) is 0.0588. The van der Waals surface area contributed by atoms with Crippen LogP contribution in [0, 0.1) is 6.92 Å². The molecule has 1 N–H and O–H groups in total. The molecule has 0 fully saturated rings. The number of benzene rings is 2. The minimum absolute atomic E-state index is 0.0374. The summed E-state index contributed by atoms with van der Waals surface area (Å²) in [4.78, 5) is 16.6. The summed E-state index contributed by atoms with van der Waals surface area (Å²) in [5.74, 6) is 0.286. The van der Waals surface area contributed by atoms with Gasteiger partial charge in [0.05, 0.1) is 15.9 Å². The van der Waals surface area contributed by atoms with E-state index < -0.39 is 0 Å². The van der Waals surface area contributed by atoms with Crippen LogP contribution in [0.15, 0.2) is 42.5 Å². The van der Waals surface area contributed by atoms with E-state index in [-0.39, 0.29) is 16.5 Å². The van der Waals surface area contributed by atoms with Crippen LogP contribution in [0.1, 0.15) is 5.56 Å². The second-order valence-electron chi connectivity index (χ2n) is 5.36. The largest absolute Gasteiger partial charge is 0.323 e. The molecule has 0 unspecified atom stereocenters. The number of fused-ring (bicyclic) bond motifs is 1. The summed E-state index contributed by atoms with van der Waals surface area (Å²) in [5.41, 5.74) is 3.96. The number of anilines is 2. The molecule has 0 aliphatic rings.